The van der Waals surface area contributed by atoms with E-state index in [1.807, 2.05) is 0 Å². The summed E-state index contributed by atoms with van der Waals surface area (Å²) in [4.78, 5) is 16.6. The Morgan fingerprint density at radius 2 is 2.09 bits per heavy atom. The van der Waals surface area contributed by atoms with Crippen molar-refractivity contribution in [3.63, 3.8) is 0 Å². The van der Waals surface area contributed by atoms with E-state index in [1.165, 1.54) is 6.07 Å². The Labute approximate surface area is 140 Å². The van der Waals surface area contributed by atoms with Crippen molar-refractivity contribution < 1.29 is 13.9 Å². The first kappa shape index (κ1) is 16.5. The van der Waals surface area contributed by atoms with Gasteiger partial charge in [-0.15, -0.1) is 0 Å². The summed E-state index contributed by atoms with van der Waals surface area (Å²) in [5.41, 5.74) is 5.70. The van der Waals surface area contributed by atoms with Crippen LogP contribution in [0.1, 0.15) is 16.8 Å². The zero-order valence-electron chi connectivity index (χ0n) is 12.9. The van der Waals surface area contributed by atoms with Gasteiger partial charge in [0.05, 0.1) is 17.9 Å². The molecule has 0 unspecified atom stereocenters. The van der Waals surface area contributed by atoms with Crippen molar-refractivity contribution in [3.05, 3.63) is 28.5 Å². The average molecular weight is 342 g/mol. The maximum Gasteiger partial charge on any atom is 0.256 e. The summed E-state index contributed by atoms with van der Waals surface area (Å²) in [5, 5.41) is 0.180. The molecule has 2 fully saturated rings. The topological polar surface area (TPSA) is 58.8 Å². The number of nitrogens with zero attached hydrogens (tertiary/aromatic N) is 2. The average Bonchev–Trinajstić information content (AvgIpc) is 3.04. The van der Waals surface area contributed by atoms with Gasteiger partial charge in [-0.05, 0) is 24.5 Å². The molecule has 1 atom stereocenters. The normalized spacial score (nSPS) is 22.5. The molecule has 23 heavy (non-hydrogen) atoms. The predicted octanol–water partition coefficient (Wildman–Crippen LogP) is 1.86. The molecular weight excluding hydrogens is 321 g/mol. The Hall–Kier alpha value is -1.37. The molecule has 2 aliphatic heterocycles. The molecule has 0 bridgehead atoms. The molecule has 0 aromatic heterocycles. The van der Waals surface area contributed by atoms with Gasteiger partial charge < -0.3 is 15.4 Å². The number of carbonyl (C=O) groups is 1. The number of carbonyl (C=O) groups excluding carboxylic acids is 1. The van der Waals surface area contributed by atoms with Gasteiger partial charge in [-0.3, -0.25) is 9.69 Å². The van der Waals surface area contributed by atoms with Gasteiger partial charge in [-0.2, -0.15) is 0 Å². The fourth-order valence-electron chi connectivity index (χ4n) is 3.16. The van der Waals surface area contributed by atoms with Crippen molar-refractivity contribution in [1.29, 1.82) is 0 Å². The number of ether oxygens (including phenoxy) is 1. The van der Waals surface area contributed by atoms with Crippen molar-refractivity contribution in [2.45, 2.75) is 6.42 Å². The highest BCUT2D eigenvalue weighted by atomic mass is 35.5. The van der Waals surface area contributed by atoms with Crippen LogP contribution in [-0.4, -0.2) is 61.6 Å². The number of nitrogens with two attached hydrogens (primary N) is 1. The number of anilines is 1. The van der Waals surface area contributed by atoms with Gasteiger partial charge in [0.2, 0.25) is 0 Å². The summed E-state index contributed by atoms with van der Waals surface area (Å²) in [6.45, 7) is 5.53. The molecule has 1 amide bonds. The SMILES string of the molecule is Nc1c(F)cc(Cl)cc1C(=O)N1CCN(C[C@@H]2CCOC2)CC1. The van der Waals surface area contributed by atoms with Crippen molar-refractivity contribution in [2.75, 3.05) is 51.7 Å². The molecule has 2 saturated heterocycles. The largest absolute Gasteiger partial charge is 0.396 e. The van der Waals surface area contributed by atoms with E-state index >= 15 is 0 Å². The van der Waals surface area contributed by atoms with Crippen molar-refractivity contribution >= 4 is 23.2 Å². The molecule has 5 nitrogen and oxygen atoms in total. The lowest BCUT2D eigenvalue weighted by Crippen LogP contribution is -2.50. The summed E-state index contributed by atoms with van der Waals surface area (Å²) in [5.74, 6) is -0.316. The number of piperazine rings is 1. The van der Waals surface area contributed by atoms with Gasteiger partial charge in [0.15, 0.2) is 0 Å². The Balaban J connectivity index is 1.60. The fourth-order valence-corrected chi connectivity index (χ4v) is 3.36. The highest BCUT2D eigenvalue weighted by molar-refractivity contribution is 6.31. The summed E-state index contributed by atoms with van der Waals surface area (Å²) in [6.07, 6.45) is 1.11. The van der Waals surface area contributed by atoms with Crippen LogP contribution in [0.3, 0.4) is 0 Å². The number of hydrogen-bond donors (Lipinski definition) is 1. The van der Waals surface area contributed by atoms with E-state index in [0.29, 0.717) is 19.0 Å². The summed E-state index contributed by atoms with van der Waals surface area (Å²) >= 11 is 5.84. The maximum absolute atomic E-state index is 13.7. The lowest BCUT2D eigenvalue weighted by atomic mass is 10.1. The number of rotatable bonds is 3. The summed E-state index contributed by atoms with van der Waals surface area (Å²) < 4.78 is 19.1. The lowest BCUT2D eigenvalue weighted by molar-refractivity contribution is 0.0612. The lowest BCUT2D eigenvalue weighted by Gasteiger charge is -2.36. The minimum Gasteiger partial charge on any atom is -0.396 e. The number of benzene rings is 1. The Bertz CT molecular complexity index is 585. The molecule has 1 aromatic rings. The van der Waals surface area contributed by atoms with Gasteiger partial charge >= 0.3 is 0 Å². The van der Waals surface area contributed by atoms with Crippen LogP contribution in [0.2, 0.25) is 5.02 Å². The molecule has 2 aliphatic rings. The first-order valence-electron chi connectivity index (χ1n) is 7.88. The highest BCUT2D eigenvalue weighted by Gasteiger charge is 2.26. The van der Waals surface area contributed by atoms with Crippen molar-refractivity contribution in [2.24, 2.45) is 5.92 Å². The zero-order valence-corrected chi connectivity index (χ0v) is 13.7. The van der Waals surface area contributed by atoms with Gasteiger partial charge in [-0.1, -0.05) is 11.6 Å². The van der Waals surface area contributed by atoms with Crippen LogP contribution in [-0.2, 0) is 4.74 Å². The van der Waals surface area contributed by atoms with Gasteiger partial charge in [-0.25, -0.2) is 4.39 Å². The monoisotopic (exact) mass is 341 g/mol. The van der Waals surface area contributed by atoms with Gasteiger partial charge in [0.25, 0.3) is 5.91 Å². The van der Waals surface area contributed by atoms with E-state index in [1.54, 1.807) is 4.90 Å². The quantitative estimate of drug-likeness (QED) is 0.852. The van der Waals surface area contributed by atoms with Crippen LogP contribution in [0.15, 0.2) is 12.1 Å². The first-order valence-corrected chi connectivity index (χ1v) is 8.26. The standard InChI is InChI=1S/C16H21ClFN3O2/c17-12-7-13(15(19)14(18)8-12)16(22)21-4-2-20(3-5-21)9-11-1-6-23-10-11/h7-8,11H,1-6,9-10,19H2/t11-/m0/s1. The molecule has 126 valence electrons. The van der Waals surface area contributed by atoms with Crippen LogP contribution in [0, 0.1) is 11.7 Å². The second-order valence-corrected chi connectivity index (χ2v) is 6.61. The van der Waals surface area contributed by atoms with E-state index in [2.05, 4.69) is 4.90 Å². The molecule has 0 spiro atoms. The van der Waals surface area contributed by atoms with Gasteiger partial charge in [0, 0.05) is 44.4 Å². The molecule has 1 aromatic carbocycles. The number of halogens is 2. The van der Waals surface area contributed by atoms with Crippen molar-refractivity contribution in [3.8, 4) is 0 Å². The Morgan fingerprint density at radius 1 is 1.35 bits per heavy atom. The van der Waals surface area contributed by atoms with E-state index in [9.17, 15) is 9.18 Å². The summed E-state index contributed by atoms with van der Waals surface area (Å²) in [7, 11) is 0. The van der Waals surface area contributed by atoms with Crippen LogP contribution >= 0.6 is 11.6 Å². The second-order valence-electron chi connectivity index (χ2n) is 6.17. The fraction of sp³-hybridized carbons (Fsp3) is 0.562. The third kappa shape index (κ3) is 3.76. The zero-order chi connectivity index (χ0) is 16.4. The van der Waals surface area contributed by atoms with E-state index < -0.39 is 5.82 Å². The van der Waals surface area contributed by atoms with Crippen LogP contribution in [0.4, 0.5) is 10.1 Å². The molecule has 0 saturated carbocycles. The molecule has 7 heteroatoms. The summed E-state index contributed by atoms with van der Waals surface area (Å²) in [6, 6.07) is 2.56. The van der Waals surface area contributed by atoms with Crippen LogP contribution in [0.25, 0.3) is 0 Å². The minimum atomic E-state index is -0.652. The number of hydrogen-bond acceptors (Lipinski definition) is 4. The highest BCUT2D eigenvalue weighted by Crippen LogP contribution is 2.24. The second kappa shape index (κ2) is 7.03. The van der Waals surface area contributed by atoms with E-state index in [0.717, 1.165) is 45.3 Å². The smallest absolute Gasteiger partial charge is 0.256 e. The minimum absolute atomic E-state index is 0.134. The maximum atomic E-state index is 13.7. The molecule has 0 aliphatic carbocycles. The third-order valence-electron chi connectivity index (χ3n) is 4.52. The molecule has 0 radical (unpaired) electrons. The van der Waals surface area contributed by atoms with Crippen LogP contribution in [0.5, 0.6) is 0 Å². The number of nitrogen functional groups attached to an aromatic ring is 1. The van der Waals surface area contributed by atoms with Crippen LogP contribution < -0.4 is 5.73 Å². The predicted molar refractivity (Wildman–Crippen MR) is 87.1 cm³/mol. The molecule has 3 rings (SSSR count). The number of amides is 1. The van der Waals surface area contributed by atoms with Gasteiger partial charge in [0.1, 0.15) is 5.82 Å². The van der Waals surface area contributed by atoms with E-state index in [4.69, 9.17) is 22.1 Å². The first-order chi connectivity index (χ1) is 11.0. The van der Waals surface area contributed by atoms with Crippen molar-refractivity contribution in [1.82, 2.24) is 9.80 Å². The third-order valence-corrected chi connectivity index (χ3v) is 4.74. The molecule has 2 N–H and O–H groups in total. The molecular formula is C16H21ClFN3O2. The molecule has 2 heterocycles. The van der Waals surface area contributed by atoms with E-state index in [-0.39, 0.29) is 22.2 Å². The Kier molecular flexibility index (Phi) is 5.04. The Morgan fingerprint density at radius 3 is 2.74 bits per heavy atom.